The van der Waals surface area contributed by atoms with E-state index in [1.54, 1.807) is 30.3 Å². The molecule has 0 amide bonds. The molecular formula is C17H16O4S. The van der Waals surface area contributed by atoms with Crippen LogP contribution >= 0.6 is 0 Å². The Labute approximate surface area is 131 Å². The molecule has 114 valence electrons. The molecule has 0 saturated carbocycles. The first-order valence-electron chi connectivity index (χ1n) is 7.25. The van der Waals surface area contributed by atoms with Gasteiger partial charge in [-0.15, -0.1) is 0 Å². The van der Waals surface area contributed by atoms with Gasteiger partial charge in [0, 0.05) is 11.5 Å². The quantitative estimate of drug-likeness (QED) is 0.793. The zero-order valence-electron chi connectivity index (χ0n) is 11.8. The minimum atomic E-state index is -0.867. The third-order valence-corrected chi connectivity index (χ3v) is 6.01. The number of aromatic hydroxyl groups is 2. The van der Waals surface area contributed by atoms with Crippen LogP contribution < -0.4 is 4.74 Å². The second-order valence-corrected chi connectivity index (χ2v) is 7.44. The van der Waals surface area contributed by atoms with Crippen LogP contribution in [0.3, 0.4) is 0 Å². The Bertz CT molecular complexity index is 700. The molecule has 1 fully saturated rings. The van der Waals surface area contributed by atoms with E-state index in [2.05, 4.69) is 0 Å². The van der Waals surface area contributed by atoms with Crippen LogP contribution in [0.1, 0.15) is 23.1 Å². The molecule has 2 aliphatic heterocycles. The molecule has 2 aromatic rings. The van der Waals surface area contributed by atoms with E-state index in [4.69, 9.17) is 4.74 Å². The summed E-state index contributed by atoms with van der Waals surface area (Å²) in [6, 6.07) is 12.1. The minimum Gasteiger partial charge on any atom is -0.616 e. The predicted octanol–water partition coefficient (Wildman–Crippen LogP) is 2.69. The number of fused-ring (bicyclic) bond motifs is 3. The molecule has 0 aromatic heterocycles. The van der Waals surface area contributed by atoms with Crippen molar-refractivity contribution in [2.24, 2.45) is 5.92 Å². The Balaban J connectivity index is 1.78. The normalized spacial score (nSPS) is 29.5. The highest BCUT2D eigenvalue weighted by atomic mass is 32.2. The summed E-state index contributed by atoms with van der Waals surface area (Å²) in [5.74, 6) is 2.65. The van der Waals surface area contributed by atoms with E-state index >= 15 is 0 Å². The van der Waals surface area contributed by atoms with E-state index in [-0.39, 0.29) is 29.4 Å². The third-order valence-electron chi connectivity index (χ3n) is 4.52. The molecular weight excluding hydrogens is 300 g/mol. The fourth-order valence-electron chi connectivity index (χ4n) is 3.48. The van der Waals surface area contributed by atoms with Gasteiger partial charge in [0.1, 0.15) is 34.9 Å². The van der Waals surface area contributed by atoms with Gasteiger partial charge in [0.05, 0.1) is 5.92 Å². The monoisotopic (exact) mass is 316 g/mol. The SMILES string of the molecule is [O-][S@+]1C[C@@H]2[C@H](C1)c1cc(O)ccc1O[C@@H]2c1ccc(O)cc1. The standard InChI is InChI=1S/C17H16O4S/c18-11-3-1-10(2-4-11)17-15-9-22(20)8-14(15)13-7-12(19)5-6-16(13)21-17/h1-7,14-15,17-19H,8-9H2/t14-,15-,17-,22+/m1/s1. The average Bonchev–Trinajstić information content (AvgIpc) is 2.89. The van der Waals surface area contributed by atoms with Gasteiger partial charge >= 0.3 is 0 Å². The van der Waals surface area contributed by atoms with Gasteiger partial charge in [-0.25, -0.2) is 0 Å². The molecule has 0 bridgehead atoms. The smallest absolute Gasteiger partial charge is 0.132 e. The zero-order chi connectivity index (χ0) is 15.3. The average molecular weight is 316 g/mol. The maximum Gasteiger partial charge on any atom is 0.132 e. The predicted molar refractivity (Wildman–Crippen MR) is 83.7 cm³/mol. The van der Waals surface area contributed by atoms with E-state index in [1.807, 2.05) is 12.1 Å². The van der Waals surface area contributed by atoms with Crippen molar-refractivity contribution in [3.8, 4) is 17.2 Å². The second kappa shape index (κ2) is 5.11. The van der Waals surface area contributed by atoms with Gasteiger partial charge in [-0.2, -0.15) is 0 Å². The Hall–Kier alpha value is -1.85. The largest absolute Gasteiger partial charge is 0.616 e. The van der Waals surface area contributed by atoms with Gasteiger partial charge in [0.25, 0.3) is 0 Å². The molecule has 4 atom stereocenters. The first kappa shape index (κ1) is 13.8. The minimum absolute atomic E-state index is 0.125. The van der Waals surface area contributed by atoms with Crippen molar-refractivity contribution in [3.63, 3.8) is 0 Å². The molecule has 22 heavy (non-hydrogen) atoms. The van der Waals surface area contributed by atoms with Crippen LogP contribution in [0.4, 0.5) is 0 Å². The molecule has 2 aliphatic rings. The Morgan fingerprint density at radius 2 is 1.73 bits per heavy atom. The van der Waals surface area contributed by atoms with Gasteiger partial charge in [-0.1, -0.05) is 23.3 Å². The summed E-state index contributed by atoms with van der Waals surface area (Å²) in [6.07, 6.45) is -0.172. The van der Waals surface area contributed by atoms with E-state index in [1.165, 1.54) is 0 Å². The summed E-state index contributed by atoms with van der Waals surface area (Å²) >= 11 is -0.867. The van der Waals surface area contributed by atoms with Crippen LogP contribution in [0, 0.1) is 5.92 Å². The Morgan fingerprint density at radius 1 is 1.00 bits per heavy atom. The van der Waals surface area contributed by atoms with Crippen LogP contribution in [0.2, 0.25) is 0 Å². The van der Waals surface area contributed by atoms with E-state index in [9.17, 15) is 14.8 Å². The molecule has 1 saturated heterocycles. The Kier molecular flexibility index (Phi) is 3.20. The van der Waals surface area contributed by atoms with E-state index in [0.29, 0.717) is 11.5 Å². The van der Waals surface area contributed by atoms with Gasteiger partial charge in [0.15, 0.2) is 0 Å². The fraction of sp³-hybridized carbons (Fsp3) is 0.294. The summed E-state index contributed by atoms with van der Waals surface area (Å²) in [5.41, 5.74) is 1.93. The molecule has 0 spiro atoms. The zero-order valence-corrected chi connectivity index (χ0v) is 12.6. The second-order valence-electron chi connectivity index (χ2n) is 5.90. The number of rotatable bonds is 1. The lowest BCUT2D eigenvalue weighted by atomic mass is 9.80. The molecule has 2 heterocycles. The number of phenolic OH excluding ortho intramolecular Hbond substituents is 2. The van der Waals surface area contributed by atoms with Crippen LogP contribution in [-0.4, -0.2) is 26.3 Å². The van der Waals surface area contributed by atoms with Crippen molar-refractivity contribution >= 4 is 11.2 Å². The lowest BCUT2D eigenvalue weighted by Crippen LogP contribution is -2.29. The summed E-state index contributed by atoms with van der Waals surface area (Å²) < 4.78 is 18.2. The fourth-order valence-corrected chi connectivity index (χ4v) is 5.28. The van der Waals surface area contributed by atoms with Crippen molar-refractivity contribution in [3.05, 3.63) is 53.6 Å². The van der Waals surface area contributed by atoms with Crippen LogP contribution in [-0.2, 0) is 11.2 Å². The topological polar surface area (TPSA) is 72.8 Å². The van der Waals surface area contributed by atoms with E-state index in [0.717, 1.165) is 16.9 Å². The van der Waals surface area contributed by atoms with Crippen LogP contribution in [0.5, 0.6) is 17.2 Å². The highest BCUT2D eigenvalue weighted by Gasteiger charge is 2.48. The lowest BCUT2D eigenvalue weighted by Gasteiger charge is -2.34. The van der Waals surface area contributed by atoms with Crippen LogP contribution in [0.25, 0.3) is 0 Å². The molecule has 4 nitrogen and oxygen atoms in total. The molecule has 2 aromatic carbocycles. The van der Waals surface area contributed by atoms with Crippen LogP contribution in [0.15, 0.2) is 42.5 Å². The lowest BCUT2D eigenvalue weighted by molar-refractivity contribution is 0.114. The summed E-state index contributed by atoms with van der Waals surface area (Å²) in [6.45, 7) is 0. The summed E-state index contributed by atoms with van der Waals surface area (Å²) in [5, 5.41) is 19.2. The molecule has 0 radical (unpaired) electrons. The number of benzene rings is 2. The van der Waals surface area contributed by atoms with Crippen molar-refractivity contribution in [1.82, 2.24) is 0 Å². The maximum atomic E-state index is 12.1. The highest BCUT2D eigenvalue weighted by Crippen LogP contribution is 2.51. The molecule has 4 rings (SSSR count). The first-order chi connectivity index (χ1) is 10.6. The molecule has 5 heteroatoms. The third kappa shape index (κ3) is 2.21. The van der Waals surface area contributed by atoms with Gasteiger partial charge in [0.2, 0.25) is 0 Å². The molecule has 2 N–H and O–H groups in total. The molecule has 0 unspecified atom stereocenters. The Morgan fingerprint density at radius 3 is 2.50 bits per heavy atom. The maximum absolute atomic E-state index is 12.1. The number of hydrogen-bond acceptors (Lipinski definition) is 4. The van der Waals surface area contributed by atoms with Crippen molar-refractivity contribution in [1.29, 1.82) is 0 Å². The van der Waals surface area contributed by atoms with Gasteiger partial charge in [-0.3, -0.25) is 0 Å². The van der Waals surface area contributed by atoms with E-state index < -0.39 is 11.2 Å². The van der Waals surface area contributed by atoms with Crippen molar-refractivity contribution in [2.75, 3.05) is 11.5 Å². The number of phenols is 2. The van der Waals surface area contributed by atoms with Crippen molar-refractivity contribution in [2.45, 2.75) is 12.0 Å². The van der Waals surface area contributed by atoms with Gasteiger partial charge < -0.3 is 19.5 Å². The summed E-state index contributed by atoms with van der Waals surface area (Å²) in [7, 11) is 0. The van der Waals surface area contributed by atoms with Crippen molar-refractivity contribution < 1.29 is 19.5 Å². The number of ether oxygens (including phenoxy) is 1. The van der Waals surface area contributed by atoms with Gasteiger partial charge in [-0.05, 0) is 35.9 Å². The summed E-state index contributed by atoms with van der Waals surface area (Å²) in [4.78, 5) is 0. The molecule has 0 aliphatic carbocycles. The number of hydrogen-bond donors (Lipinski definition) is 2. The highest BCUT2D eigenvalue weighted by molar-refractivity contribution is 7.91. The first-order valence-corrected chi connectivity index (χ1v) is 8.74.